The van der Waals surface area contributed by atoms with E-state index in [0.29, 0.717) is 10.0 Å². The van der Waals surface area contributed by atoms with Crippen molar-refractivity contribution in [3.05, 3.63) is 64.4 Å². The molecule has 0 bridgehead atoms. The molecule has 0 aromatic heterocycles. The number of amides is 1. The van der Waals surface area contributed by atoms with Crippen molar-refractivity contribution in [2.24, 2.45) is 0 Å². The van der Waals surface area contributed by atoms with Gasteiger partial charge in [0.15, 0.2) is 0 Å². The van der Waals surface area contributed by atoms with Crippen LogP contribution in [-0.2, 0) is 0 Å². The van der Waals surface area contributed by atoms with E-state index < -0.39 is 5.82 Å². The van der Waals surface area contributed by atoms with Crippen molar-refractivity contribution >= 4 is 27.5 Å². The zero-order valence-corrected chi connectivity index (χ0v) is 10.4. The van der Waals surface area contributed by atoms with Crippen molar-refractivity contribution in [3.63, 3.8) is 0 Å². The molecule has 86 valence electrons. The van der Waals surface area contributed by atoms with Crippen molar-refractivity contribution in [1.29, 1.82) is 0 Å². The van der Waals surface area contributed by atoms with E-state index in [1.807, 2.05) is 6.07 Å². The molecule has 1 N–H and O–H groups in total. The largest absolute Gasteiger partial charge is 0.319 e. The summed E-state index contributed by atoms with van der Waals surface area (Å²) < 4.78 is 14.0. The Morgan fingerprint density at radius 3 is 2.41 bits per heavy atom. The summed E-state index contributed by atoms with van der Waals surface area (Å²) in [4.78, 5) is 11.9. The molecule has 0 aliphatic carbocycles. The van der Waals surface area contributed by atoms with Crippen molar-refractivity contribution in [2.45, 2.75) is 0 Å². The number of benzene rings is 2. The summed E-state index contributed by atoms with van der Waals surface area (Å²) in [6.07, 6.45) is 0. The first-order valence-electron chi connectivity index (χ1n) is 4.99. The topological polar surface area (TPSA) is 29.1 Å². The molecule has 4 heteroatoms. The molecule has 0 unspecified atom stereocenters. The molecule has 17 heavy (non-hydrogen) atoms. The molecule has 0 saturated carbocycles. The maximum atomic E-state index is 13.3. The zero-order chi connectivity index (χ0) is 12.3. The van der Waals surface area contributed by atoms with Gasteiger partial charge in [-0.1, -0.05) is 24.3 Å². The second-order valence-electron chi connectivity index (χ2n) is 3.41. The molecular formula is C13H9BrFNO. The highest BCUT2D eigenvalue weighted by atomic mass is 79.9. The first-order chi connectivity index (χ1) is 8.18. The van der Waals surface area contributed by atoms with E-state index in [0.717, 1.165) is 0 Å². The van der Waals surface area contributed by atoms with Crippen molar-refractivity contribution < 1.29 is 9.18 Å². The maximum Gasteiger partial charge on any atom is 0.256 e. The molecule has 2 aromatic carbocycles. The van der Waals surface area contributed by atoms with Crippen LogP contribution in [0.3, 0.4) is 0 Å². The summed E-state index contributed by atoms with van der Waals surface area (Å²) in [6, 6.07) is 13.0. The minimum Gasteiger partial charge on any atom is -0.319 e. The summed E-state index contributed by atoms with van der Waals surface area (Å²) in [6.45, 7) is 0. The van der Waals surface area contributed by atoms with Crippen LogP contribution in [0.1, 0.15) is 10.4 Å². The number of hydrogen-bond donors (Lipinski definition) is 1. The highest BCUT2D eigenvalue weighted by Crippen LogP contribution is 2.19. The number of anilines is 1. The summed E-state index contributed by atoms with van der Waals surface area (Å²) in [5.41, 5.74) is 0.643. The lowest BCUT2D eigenvalue weighted by Gasteiger charge is -2.07. The van der Waals surface area contributed by atoms with Gasteiger partial charge in [-0.3, -0.25) is 4.79 Å². The Morgan fingerprint density at radius 1 is 1.06 bits per heavy atom. The molecule has 0 heterocycles. The van der Waals surface area contributed by atoms with Crippen LogP contribution in [0.5, 0.6) is 0 Å². The molecular weight excluding hydrogens is 285 g/mol. The third kappa shape index (κ3) is 2.71. The van der Waals surface area contributed by atoms with E-state index in [1.165, 1.54) is 12.1 Å². The zero-order valence-electron chi connectivity index (χ0n) is 8.78. The van der Waals surface area contributed by atoms with Crippen LogP contribution in [0, 0.1) is 5.82 Å². The molecule has 1 amide bonds. The molecule has 0 spiro atoms. The van der Waals surface area contributed by atoms with Crippen LogP contribution in [0.4, 0.5) is 10.1 Å². The second kappa shape index (κ2) is 5.10. The number of carbonyl (C=O) groups excluding carboxylic acids is 1. The Morgan fingerprint density at radius 2 is 1.71 bits per heavy atom. The molecule has 0 saturated heterocycles. The van der Waals surface area contributed by atoms with Gasteiger partial charge in [-0.05, 0) is 40.2 Å². The smallest absolute Gasteiger partial charge is 0.256 e. The van der Waals surface area contributed by atoms with Crippen LogP contribution in [0.15, 0.2) is 53.0 Å². The van der Waals surface area contributed by atoms with E-state index in [4.69, 9.17) is 0 Å². The van der Waals surface area contributed by atoms with Crippen LogP contribution >= 0.6 is 15.9 Å². The lowest BCUT2D eigenvalue weighted by atomic mass is 10.2. The van der Waals surface area contributed by atoms with Gasteiger partial charge in [-0.25, -0.2) is 4.39 Å². The Balaban J connectivity index is 2.24. The summed E-state index contributed by atoms with van der Waals surface area (Å²) in [5.74, 6) is -0.796. The fraction of sp³-hybridized carbons (Fsp3) is 0. The van der Waals surface area contributed by atoms with Gasteiger partial charge in [0.2, 0.25) is 0 Å². The summed E-state index contributed by atoms with van der Waals surface area (Å²) in [5, 5.41) is 2.52. The second-order valence-corrected chi connectivity index (χ2v) is 4.27. The van der Waals surface area contributed by atoms with Crippen LogP contribution in [-0.4, -0.2) is 5.91 Å². The first-order valence-corrected chi connectivity index (χ1v) is 5.78. The Labute approximate surface area is 107 Å². The standard InChI is InChI=1S/C13H9BrFNO/c14-10-6-2-1-5-9(10)13(17)16-12-8-4-3-7-11(12)15/h1-8H,(H,16,17). The molecule has 2 rings (SSSR count). The fourth-order valence-corrected chi connectivity index (χ4v) is 1.86. The molecule has 0 fully saturated rings. The fourth-order valence-electron chi connectivity index (χ4n) is 1.40. The maximum absolute atomic E-state index is 13.3. The van der Waals surface area contributed by atoms with Gasteiger partial charge in [0.25, 0.3) is 5.91 Å². The molecule has 2 aromatic rings. The SMILES string of the molecule is O=C(Nc1ccccc1F)c1ccccc1Br. The van der Waals surface area contributed by atoms with E-state index in [2.05, 4.69) is 21.2 Å². The van der Waals surface area contributed by atoms with Gasteiger partial charge in [0, 0.05) is 4.47 Å². The minimum atomic E-state index is -0.451. The molecule has 2 nitrogen and oxygen atoms in total. The Bertz CT molecular complexity index is 557. The Hall–Kier alpha value is -1.68. The molecule has 0 aliphatic rings. The van der Waals surface area contributed by atoms with E-state index in [1.54, 1.807) is 30.3 Å². The minimum absolute atomic E-state index is 0.174. The van der Waals surface area contributed by atoms with E-state index in [9.17, 15) is 9.18 Å². The van der Waals surface area contributed by atoms with Crippen LogP contribution in [0.25, 0.3) is 0 Å². The van der Waals surface area contributed by atoms with Crippen molar-refractivity contribution in [3.8, 4) is 0 Å². The average Bonchev–Trinajstić information content (AvgIpc) is 2.32. The van der Waals surface area contributed by atoms with Crippen molar-refractivity contribution in [1.82, 2.24) is 0 Å². The Kier molecular flexibility index (Phi) is 3.54. The van der Waals surface area contributed by atoms with Crippen LogP contribution in [0.2, 0.25) is 0 Å². The van der Waals surface area contributed by atoms with Gasteiger partial charge >= 0.3 is 0 Å². The van der Waals surface area contributed by atoms with E-state index >= 15 is 0 Å². The molecule has 0 radical (unpaired) electrons. The normalized spacial score (nSPS) is 10.0. The first kappa shape index (κ1) is 11.8. The van der Waals surface area contributed by atoms with E-state index in [-0.39, 0.29) is 11.6 Å². The number of carbonyl (C=O) groups is 1. The lowest BCUT2D eigenvalue weighted by Crippen LogP contribution is -2.13. The number of para-hydroxylation sites is 1. The van der Waals surface area contributed by atoms with Gasteiger partial charge in [0.05, 0.1) is 11.3 Å². The molecule has 0 atom stereocenters. The average molecular weight is 294 g/mol. The lowest BCUT2D eigenvalue weighted by molar-refractivity contribution is 0.102. The van der Waals surface area contributed by atoms with Gasteiger partial charge in [-0.2, -0.15) is 0 Å². The monoisotopic (exact) mass is 293 g/mol. The number of rotatable bonds is 2. The summed E-state index contributed by atoms with van der Waals surface area (Å²) >= 11 is 3.27. The summed E-state index contributed by atoms with van der Waals surface area (Å²) in [7, 11) is 0. The third-order valence-electron chi connectivity index (χ3n) is 2.24. The quantitative estimate of drug-likeness (QED) is 0.895. The highest BCUT2D eigenvalue weighted by molar-refractivity contribution is 9.10. The van der Waals surface area contributed by atoms with Crippen LogP contribution < -0.4 is 5.32 Å². The predicted octanol–water partition coefficient (Wildman–Crippen LogP) is 3.84. The molecule has 0 aliphatic heterocycles. The number of halogens is 2. The number of nitrogens with one attached hydrogen (secondary N) is 1. The van der Waals surface area contributed by atoms with Gasteiger partial charge in [-0.15, -0.1) is 0 Å². The third-order valence-corrected chi connectivity index (χ3v) is 2.93. The van der Waals surface area contributed by atoms with Gasteiger partial charge < -0.3 is 5.32 Å². The number of hydrogen-bond acceptors (Lipinski definition) is 1. The van der Waals surface area contributed by atoms with Crippen molar-refractivity contribution in [2.75, 3.05) is 5.32 Å². The highest BCUT2D eigenvalue weighted by Gasteiger charge is 2.11. The van der Waals surface area contributed by atoms with Gasteiger partial charge in [0.1, 0.15) is 5.82 Å². The predicted molar refractivity (Wildman–Crippen MR) is 68.5 cm³/mol.